The smallest absolute Gasteiger partial charge is 0.0216 e. The van der Waals surface area contributed by atoms with Crippen molar-refractivity contribution in [2.75, 3.05) is 0 Å². The third-order valence-corrected chi connectivity index (χ3v) is 3.27. The summed E-state index contributed by atoms with van der Waals surface area (Å²) in [7, 11) is 0. The maximum atomic E-state index is 2.33. The van der Waals surface area contributed by atoms with Crippen molar-refractivity contribution in [2.24, 2.45) is 0 Å². The van der Waals surface area contributed by atoms with Crippen LogP contribution in [0.25, 0.3) is 0 Å². The largest absolute Gasteiger partial charge is 0.0613 e. The molecule has 0 aliphatic rings. The highest BCUT2D eigenvalue weighted by Gasteiger charge is 2.11. The van der Waals surface area contributed by atoms with Crippen LogP contribution in [0.1, 0.15) is 62.8 Å². The molecule has 1 aromatic carbocycles. The molecule has 0 aliphatic carbocycles. The van der Waals surface area contributed by atoms with Gasteiger partial charge in [0, 0.05) is 0 Å². The van der Waals surface area contributed by atoms with Crippen LogP contribution in [-0.4, -0.2) is 0 Å². The second-order valence-corrected chi connectivity index (χ2v) is 4.49. The van der Waals surface area contributed by atoms with E-state index < -0.39 is 0 Å². The minimum absolute atomic E-state index is 0.649. The van der Waals surface area contributed by atoms with Crippen LogP contribution in [0.4, 0.5) is 0 Å². The third kappa shape index (κ3) is 2.42. The van der Waals surface area contributed by atoms with Gasteiger partial charge in [-0.05, 0) is 47.4 Å². The van der Waals surface area contributed by atoms with Gasteiger partial charge in [-0.15, -0.1) is 0 Å². The van der Waals surface area contributed by atoms with Gasteiger partial charge in [-0.1, -0.05) is 46.8 Å². The first-order valence-electron chi connectivity index (χ1n) is 6.29. The number of aryl methyl sites for hydroxylation is 1. The monoisotopic (exact) mass is 204 g/mol. The van der Waals surface area contributed by atoms with Crippen molar-refractivity contribution in [3.05, 3.63) is 34.4 Å². The van der Waals surface area contributed by atoms with Gasteiger partial charge < -0.3 is 0 Å². The predicted octanol–water partition coefficient (Wildman–Crippen LogP) is 4.50. The van der Waals surface area contributed by atoms with Gasteiger partial charge in [0.1, 0.15) is 0 Å². The van der Waals surface area contributed by atoms with E-state index in [0.29, 0.717) is 5.92 Å². The molecule has 0 radical (unpaired) electrons. The molecule has 0 amide bonds. The molecule has 0 unspecified atom stereocenters. The molecule has 84 valence electrons. The summed E-state index contributed by atoms with van der Waals surface area (Å²) in [4.78, 5) is 0. The fraction of sp³-hybridized carbons (Fsp3) is 0.600. The SMILES string of the molecule is CCc1ccc(C(C)C)c(CC)c1CC. The molecule has 0 saturated heterocycles. The van der Waals surface area contributed by atoms with E-state index in [1.807, 2.05) is 0 Å². The van der Waals surface area contributed by atoms with Crippen LogP contribution in [0.3, 0.4) is 0 Å². The molecule has 0 bridgehead atoms. The Morgan fingerprint density at radius 2 is 1.47 bits per heavy atom. The van der Waals surface area contributed by atoms with Gasteiger partial charge in [-0.25, -0.2) is 0 Å². The van der Waals surface area contributed by atoms with Crippen molar-refractivity contribution in [3.63, 3.8) is 0 Å². The first-order chi connectivity index (χ1) is 7.15. The highest BCUT2D eigenvalue weighted by atomic mass is 14.2. The average molecular weight is 204 g/mol. The van der Waals surface area contributed by atoms with Gasteiger partial charge in [0.25, 0.3) is 0 Å². The van der Waals surface area contributed by atoms with E-state index in [9.17, 15) is 0 Å². The number of hydrogen-bond acceptors (Lipinski definition) is 0. The lowest BCUT2D eigenvalue weighted by molar-refractivity contribution is 0.829. The summed E-state index contributed by atoms with van der Waals surface area (Å²) in [5.74, 6) is 0.649. The molecule has 0 heterocycles. The quantitative estimate of drug-likeness (QED) is 0.677. The van der Waals surface area contributed by atoms with Crippen molar-refractivity contribution in [1.82, 2.24) is 0 Å². The van der Waals surface area contributed by atoms with Crippen molar-refractivity contribution >= 4 is 0 Å². The topological polar surface area (TPSA) is 0 Å². The Balaban J connectivity index is 3.34. The lowest BCUT2D eigenvalue weighted by Crippen LogP contribution is -2.04. The molecule has 15 heavy (non-hydrogen) atoms. The molecular formula is C15H24. The summed E-state index contributed by atoms with van der Waals surface area (Å²) >= 11 is 0. The van der Waals surface area contributed by atoms with Gasteiger partial charge in [0.05, 0.1) is 0 Å². The second kappa shape index (κ2) is 5.34. The Labute approximate surface area is 94.7 Å². The van der Waals surface area contributed by atoms with Gasteiger partial charge in [-0.2, -0.15) is 0 Å². The summed E-state index contributed by atoms with van der Waals surface area (Å²) in [6.07, 6.45) is 3.51. The number of rotatable bonds is 4. The molecule has 0 fully saturated rings. The molecule has 0 saturated carbocycles. The zero-order valence-corrected chi connectivity index (χ0v) is 10.9. The van der Waals surface area contributed by atoms with E-state index in [-0.39, 0.29) is 0 Å². The van der Waals surface area contributed by atoms with E-state index >= 15 is 0 Å². The van der Waals surface area contributed by atoms with Gasteiger partial charge in [0.15, 0.2) is 0 Å². The van der Waals surface area contributed by atoms with Crippen LogP contribution in [0.5, 0.6) is 0 Å². The van der Waals surface area contributed by atoms with E-state index in [4.69, 9.17) is 0 Å². The first-order valence-corrected chi connectivity index (χ1v) is 6.29. The van der Waals surface area contributed by atoms with Crippen LogP contribution in [0.2, 0.25) is 0 Å². The van der Waals surface area contributed by atoms with E-state index in [2.05, 4.69) is 46.8 Å². The first kappa shape index (κ1) is 12.3. The van der Waals surface area contributed by atoms with Crippen LogP contribution in [0, 0.1) is 0 Å². The highest BCUT2D eigenvalue weighted by molar-refractivity contribution is 5.42. The second-order valence-electron chi connectivity index (χ2n) is 4.49. The Kier molecular flexibility index (Phi) is 4.38. The van der Waals surface area contributed by atoms with Crippen LogP contribution >= 0.6 is 0 Å². The van der Waals surface area contributed by atoms with E-state index in [1.165, 1.54) is 12.8 Å². The zero-order chi connectivity index (χ0) is 11.4. The summed E-state index contributed by atoms with van der Waals surface area (Å²) in [6, 6.07) is 4.66. The lowest BCUT2D eigenvalue weighted by Gasteiger charge is -2.18. The molecule has 0 heteroatoms. The normalized spacial score (nSPS) is 11.1. The van der Waals surface area contributed by atoms with Crippen LogP contribution in [0.15, 0.2) is 12.1 Å². The van der Waals surface area contributed by atoms with Gasteiger partial charge in [0.2, 0.25) is 0 Å². The summed E-state index contributed by atoms with van der Waals surface area (Å²) < 4.78 is 0. The summed E-state index contributed by atoms with van der Waals surface area (Å²) in [5.41, 5.74) is 6.29. The minimum Gasteiger partial charge on any atom is -0.0613 e. The Morgan fingerprint density at radius 3 is 1.87 bits per heavy atom. The maximum absolute atomic E-state index is 2.33. The molecular weight excluding hydrogens is 180 g/mol. The fourth-order valence-corrected chi connectivity index (χ4v) is 2.49. The van der Waals surface area contributed by atoms with E-state index in [1.54, 1.807) is 22.3 Å². The molecule has 0 N–H and O–H groups in total. The van der Waals surface area contributed by atoms with E-state index in [0.717, 1.165) is 6.42 Å². The molecule has 0 nitrogen and oxygen atoms in total. The molecule has 0 spiro atoms. The predicted molar refractivity (Wildman–Crippen MR) is 68.7 cm³/mol. The average Bonchev–Trinajstić information content (AvgIpc) is 2.26. The van der Waals surface area contributed by atoms with Crippen LogP contribution < -0.4 is 0 Å². The fourth-order valence-electron chi connectivity index (χ4n) is 2.49. The maximum Gasteiger partial charge on any atom is -0.0216 e. The molecule has 1 aromatic rings. The standard InChI is InChI=1S/C15H24/c1-6-12-9-10-15(11(4)5)14(8-3)13(12)7-2/h9-11H,6-8H2,1-5H3. The van der Waals surface area contributed by atoms with Crippen molar-refractivity contribution in [1.29, 1.82) is 0 Å². The number of benzene rings is 1. The van der Waals surface area contributed by atoms with Crippen molar-refractivity contribution < 1.29 is 0 Å². The zero-order valence-electron chi connectivity index (χ0n) is 10.9. The highest BCUT2D eigenvalue weighted by Crippen LogP contribution is 2.26. The van der Waals surface area contributed by atoms with Crippen molar-refractivity contribution in [3.8, 4) is 0 Å². The summed E-state index contributed by atoms with van der Waals surface area (Å²) in [6.45, 7) is 11.4. The van der Waals surface area contributed by atoms with Crippen molar-refractivity contribution in [2.45, 2.75) is 59.8 Å². The lowest BCUT2D eigenvalue weighted by atomic mass is 9.87. The Hall–Kier alpha value is -0.780. The summed E-state index contributed by atoms with van der Waals surface area (Å²) in [5, 5.41) is 0. The minimum atomic E-state index is 0.649. The Morgan fingerprint density at radius 1 is 0.867 bits per heavy atom. The van der Waals surface area contributed by atoms with Gasteiger partial charge >= 0.3 is 0 Å². The molecule has 0 atom stereocenters. The van der Waals surface area contributed by atoms with Crippen LogP contribution in [-0.2, 0) is 19.3 Å². The number of hydrogen-bond donors (Lipinski definition) is 0. The molecule has 0 aromatic heterocycles. The Bertz CT molecular complexity index is 321. The van der Waals surface area contributed by atoms with Gasteiger partial charge in [-0.3, -0.25) is 0 Å². The molecule has 1 rings (SSSR count). The molecule has 0 aliphatic heterocycles. The third-order valence-electron chi connectivity index (χ3n) is 3.27.